The fraction of sp³-hybridized carbons (Fsp3) is 0.529. The van der Waals surface area contributed by atoms with Gasteiger partial charge in [-0.05, 0) is 44.1 Å². The molecule has 2 fully saturated rings. The largest absolute Gasteiger partial charge is 0.483 e. The number of aliphatic hydroxyl groups is 1. The monoisotopic (exact) mass is 350 g/mol. The van der Waals surface area contributed by atoms with Crippen LogP contribution < -0.4 is 9.47 Å². The van der Waals surface area contributed by atoms with Crippen molar-refractivity contribution in [3.05, 3.63) is 23.8 Å². The maximum absolute atomic E-state index is 12.7. The topological polar surface area (TPSA) is 99.5 Å². The number of ether oxygens (including phenoxy) is 2. The molecule has 2 atom stereocenters. The van der Waals surface area contributed by atoms with Crippen LogP contribution in [0.1, 0.15) is 23.2 Å². The number of likely N-dealkylation sites (tertiary alicyclic amines) is 2. The van der Waals surface area contributed by atoms with Gasteiger partial charge in [0.1, 0.15) is 0 Å². The Morgan fingerprint density at radius 3 is 2.56 bits per heavy atom. The molecule has 1 amide bonds. The van der Waals surface area contributed by atoms with E-state index in [0.29, 0.717) is 30.2 Å². The SMILES string of the molecule is O=C(c1ccc2c(c1)OCO2)N1C[C@@H](O)[C@H](N2CCCC2)C1.O=CO. The number of hydrogen-bond donors (Lipinski definition) is 2. The summed E-state index contributed by atoms with van der Waals surface area (Å²) in [6.45, 7) is 2.98. The van der Waals surface area contributed by atoms with E-state index in [1.54, 1.807) is 23.1 Å². The molecule has 2 N–H and O–H groups in total. The second-order valence-corrected chi connectivity index (χ2v) is 6.26. The van der Waals surface area contributed by atoms with Crippen LogP contribution in [0.25, 0.3) is 0 Å². The van der Waals surface area contributed by atoms with Gasteiger partial charge in [0.25, 0.3) is 12.4 Å². The van der Waals surface area contributed by atoms with Crippen LogP contribution in [-0.4, -0.2) is 77.5 Å². The molecule has 8 heteroatoms. The fourth-order valence-electron chi connectivity index (χ4n) is 3.58. The molecule has 0 unspecified atom stereocenters. The number of benzene rings is 1. The van der Waals surface area contributed by atoms with Crippen molar-refractivity contribution in [2.24, 2.45) is 0 Å². The minimum absolute atomic E-state index is 0.0564. The van der Waals surface area contributed by atoms with Gasteiger partial charge in [-0.2, -0.15) is 0 Å². The Morgan fingerprint density at radius 2 is 1.84 bits per heavy atom. The third-order valence-electron chi connectivity index (χ3n) is 4.78. The average molecular weight is 350 g/mol. The molecule has 4 rings (SSSR count). The summed E-state index contributed by atoms with van der Waals surface area (Å²) in [7, 11) is 0. The van der Waals surface area contributed by atoms with E-state index in [1.807, 2.05) is 0 Å². The van der Waals surface area contributed by atoms with E-state index in [1.165, 1.54) is 12.8 Å². The number of amides is 1. The van der Waals surface area contributed by atoms with E-state index >= 15 is 0 Å². The molecule has 3 aliphatic rings. The zero-order valence-electron chi connectivity index (χ0n) is 13.8. The van der Waals surface area contributed by atoms with Crippen LogP contribution in [0.3, 0.4) is 0 Å². The molecule has 1 aromatic rings. The molecule has 3 heterocycles. The predicted molar refractivity (Wildman–Crippen MR) is 87.8 cm³/mol. The lowest BCUT2D eigenvalue weighted by atomic mass is 10.2. The van der Waals surface area contributed by atoms with Gasteiger partial charge in [-0.3, -0.25) is 14.5 Å². The lowest BCUT2D eigenvalue weighted by Gasteiger charge is -2.25. The summed E-state index contributed by atoms with van der Waals surface area (Å²) in [5.41, 5.74) is 0.582. The highest BCUT2D eigenvalue weighted by molar-refractivity contribution is 5.95. The van der Waals surface area contributed by atoms with E-state index in [-0.39, 0.29) is 25.2 Å². The van der Waals surface area contributed by atoms with Gasteiger partial charge < -0.3 is 24.6 Å². The van der Waals surface area contributed by atoms with Gasteiger partial charge in [-0.1, -0.05) is 0 Å². The van der Waals surface area contributed by atoms with Gasteiger partial charge in [0, 0.05) is 18.7 Å². The summed E-state index contributed by atoms with van der Waals surface area (Å²) in [5, 5.41) is 17.2. The Balaban J connectivity index is 0.000000569. The number of rotatable bonds is 2. The maximum atomic E-state index is 12.7. The van der Waals surface area contributed by atoms with E-state index in [4.69, 9.17) is 19.4 Å². The van der Waals surface area contributed by atoms with Crippen LogP contribution >= 0.6 is 0 Å². The van der Waals surface area contributed by atoms with Crippen LogP contribution in [0.2, 0.25) is 0 Å². The molecule has 2 saturated heterocycles. The molecule has 0 aromatic heterocycles. The quantitative estimate of drug-likeness (QED) is 0.745. The number of carboxylic acid groups (broad SMARTS) is 1. The lowest BCUT2D eigenvalue weighted by molar-refractivity contribution is -0.122. The fourth-order valence-corrected chi connectivity index (χ4v) is 3.58. The van der Waals surface area contributed by atoms with Crippen molar-refractivity contribution in [1.82, 2.24) is 9.80 Å². The zero-order valence-corrected chi connectivity index (χ0v) is 13.8. The van der Waals surface area contributed by atoms with Gasteiger partial charge in [0.2, 0.25) is 6.79 Å². The standard InChI is InChI=1S/C16H20N2O4.CH2O2/c19-13-9-18(8-12(13)17-5-1-2-6-17)16(20)11-3-4-14-15(7-11)22-10-21-14;2-1-3/h3-4,7,12-13,19H,1-2,5-6,8-10H2;1H,(H,2,3)/t12-,13-;/m1./s1. The predicted octanol–water partition coefficient (Wildman–Crippen LogP) is 0.397. The summed E-state index contributed by atoms with van der Waals surface area (Å²) in [4.78, 5) is 25.1. The molecule has 0 aliphatic carbocycles. The Morgan fingerprint density at radius 1 is 1.16 bits per heavy atom. The molecule has 25 heavy (non-hydrogen) atoms. The highest BCUT2D eigenvalue weighted by Gasteiger charge is 2.38. The summed E-state index contributed by atoms with van der Waals surface area (Å²) in [6.07, 6.45) is 1.90. The molecule has 0 radical (unpaired) electrons. The van der Waals surface area contributed by atoms with Crippen LogP contribution in [0.15, 0.2) is 18.2 Å². The van der Waals surface area contributed by atoms with Gasteiger partial charge in [0.15, 0.2) is 11.5 Å². The van der Waals surface area contributed by atoms with Crippen LogP contribution in [0.4, 0.5) is 0 Å². The van der Waals surface area contributed by atoms with Crippen molar-refractivity contribution in [3.63, 3.8) is 0 Å². The lowest BCUT2D eigenvalue weighted by Crippen LogP contribution is -2.41. The molecule has 1 aromatic carbocycles. The maximum Gasteiger partial charge on any atom is 0.290 e. The molecule has 136 valence electrons. The second kappa shape index (κ2) is 7.71. The van der Waals surface area contributed by atoms with Gasteiger partial charge in [0.05, 0.1) is 12.1 Å². The van der Waals surface area contributed by atoms with E-state index in [9.17, 15) is 9.90 Å². The van der Waals surface area contributed by atoms with Crippen LogP contribution in [0.5, 0.6) is 11.5 Å². The van der Waals surface area contributed by atoms with Crippen molar-refractivity contribution in [2.45, 2.75) is 25.0 Å². The average Bonchev–Trinajstić information content (AvgIpc) is 3.34. The summed E-state index contributed by atoms with van der Waals surface area (Å²) < 4.78 is 10.6. The number of nitrogens with zero attached hydrogens (tertiary/aromatic N) is 2. The normalized spacial score (nSPS) is 24.8. The van der Waals surface area contributed by atoms with Gasteiger partial charge in [-0.25, -0.2) is 0 Å². The van der Waals surface area contributed by atoms with E-state index in [0.717, 1.165) is 13.1 Å². The zero-order chi connectivity index (χ0) is 17.8. The third-order valence-corrected chi connectivity index (χ3v) is 4.78. The molecule has 8 nitrogen and oxygen atoms in total. The first-order valence-electron chi connectivity index (χ1n) is 8.33. The van der Waals surface area contributed by atoms with Crippen molar-refractivity contribution in [3.8, 4) is 11.5 Å². The highest BCUT2D eigenvalue weighted by atomic mass is 16.7. The summed E-state index contributed by atoms with van der Waals surface area (Å²) in [6, 6.07) is 5.31. The van der Waals surface area contributed by atoms with Crippen molar-refractivity contribution >= 4 is 12.4 Å². The summed E-state index contributed by atoms with van der Waals surface area (Å²) in [5.74, 6) is 1.23. The first kappa shape index (κ1) is 17.5. The first-order chi connectivity index (χ1) is 12.1. The third kappa shape index (κ3) is 3.69. The molecule has 0 saturated carbocycles. The molecule has 0 bridgehead atoms. The highest BCUT2D eigenvalue weighted by Crippen LogP contribution is 2.33. The molecular formula is C17H22N2O6. The number of hydrogen-bond acceptors (Lipinski definition) is 6. The number of carbonyl (C=O) groups is 2. The van der Waals surface area contributed by atoms with Crippen LogP contribution in [-0.2, 0) is 4.79 Å². The Hall–Kier alpha value is -2.32. The molecular weight excluding hydrogens is 328 g/mol. The number of β-amino-alcohol motifs (C(OH)–C–C–N with tert-alkyl or cyclic N) is 1. The Kier molecular flexibility index (Phi) is 5.40. The van der Waals surface area contributed by atoms with Crippen molar-refractivity contribution in [1.29, 1.82) is 0 Å². The van der Waals surface area contributed by atoms with E-state index in [2.05, 4.69) is 4.90 Å². The van der Waals surface area contributed by atoms with Crippen LogP contribution in [0, 0.1) is 0 Å². The summed E-state index contributed by atoms with van der Waals surface area (Å²) >= 11 is 0. The Bertz CT molecular complexity index is 632. The second-order valence-electron chi connectivity index (χ2n) is 6.26. The van der Waals surface area contributed by atoms with Crippen molar-refractivity contribution in [2.75, 3.05) is 33.0 Å². The van der Waals surface area contributed by atoms with Gasteiger partial charge >= 0.3 is 0 Å². The number of fused-ring (bicyclic) bond motifs is 1. The number of aliphatic hydroxyl groups excluding tert-OH is 1. The Labute approximate surface area is 145 Å². The smallest absolute Gasteiger partial charge is 0.290 e. The van der Waals surface area contributed by atoms with Crippen molar-refractivity contribution < 1.29 is 29.3 Å². The molecule has 3 aliphatic heterocycles. The number of carbonyl (C=O) groups excluding carboxylic acids is 1. The van der Waals surface area contributed by atoms with Gasteiger partial charge in [-0.15, -0.1) is 0 Å². The molecule has 0 spiro atoms. The minimum atomic E-state index is -0.462. The minimum Gasteiger partial charge on any atom is -0.483 e. The van der Waals surface area contributed by atoms with E-state index < -0.39 is 6.10 Å². The first-order valence-corrected chi connectivity index (χ1v) is 8.33.